The maximum atomic E-state index is 11.9. The molecule has 1 aromatic carbocycles. The van der Waals surface area contributed by atoms with Gasteiger partial charge < -0.3 is 14.2 Å². The van der Waals surface area contributed by atoms with E-state index in [1.54, 1.807) is 13.0 Å². The van der Waals surface area contributed by atoms with E-state index in [1.807, 2.05) is 30.3 Å². The lowest BCUT2D eigenvalue weighted by Crippen LogP contribution is -2.17. The van der Waals surface area contributed by atoms with Gasteiger partial charge in [-0.15, -0.1) is 0 Å². The molecule has 0 N–H and O–H groups in total. The largest absolute Gasteiger partial charge is 0.458 e. The summed E-state index contributed by atoms with van der Waals surface area (Å²) in [7, 11) is 0. The molecule has 1 atom stereocenters. The SMILES string of the molecule is C/C=C(/O[C@@H]1CCCO1)C(=O)OCc1ccccc1. The number of allylic oxidation sites excluding steroid dienone is 1. The lowest BCUT2D eigenvalue weighted by Gasteiger charge is -2.14. The van der Waals surface area contributed by atoms with Crippen LogP contribution in [0.3, 0.4) is 0 Å². The number of hydrogen-bond donors (Lipinski definition) is 0. The Kier molecular flexibility index (Phi) is 4.98. The third-order valence-corrected chi connectivity index (χ3v) is 2.82. The lowest BCUT2D eigenvalue weighted by molar-refractivity contribution is -0.152. The lowest BCUT2D eigenvalue weighted by atomic mass is 10.2. The molecule has 0 saturated carbocycles. The number of esters is 1. The van der Waals surface area contributed by atoms with Gasteiger partial charge in [-0.1, -0.05) is 30.3 Å². The van der Waals surface area contributed by atoms with Crippen LogP contribution in [0.15, 0.2) is 42.2 Å². The van der Waals surface area contributed by atoms with Gasteiger partial charge in [-0.3, -0.25) is 0 Å². The Bertz CT molecular complexity index is 433. The summed E-state index contributed by atoms with van der Waals surface area (Å²) in [6.07, 6.45) is 3.05. The fourth-order valence-corrected chi connectivity index (χ4v) is 1.81. The van der Waals surface area contributed by atoms with Crippen LogP contribution < -0.4 is 0 Å². The maximum Gasteiger partial charge on any atom is 0.373 e. The van der Waals surface area contributed by atoms with Crippen molar-refractivity contribution in [1.82, 2.24) is 0 Å². The summed E-state index contributed by atoms with van der Waals surface area (Å²) in [4.78, 5) is 11.9. The molecule has 0 radical (unpaired) electrons. The van der Waals surface area contributed by atoms with Crippen molar-refractivity contribution in [1.29, 1.82) is 0 Å². The zero-order valence-electron chi connectivity index (χ0n) is 11.0. The number of rotatable bonds is 5. The zero-order chi connectivity index (χ0) is 13.5. The monoisotopic (exact) mass is 262 g/mol. The molecular weight excluding hydrogens is 244 g/mol. The van der Waals surface area contributed by atoms with E-state index in [9.17, 15) is 4.79 Å². The molecule has 0 amide bonds. The van der Waals surface area contributed by atoms with E-state index < -0.39 is 5.97 Å². The molecule has 4 nitrogen and oxygen atoms in total. The van der Waals surface area contributed by atoms with Gasteiger partial charge in [0.05, 0.1) is 6.61 Å². The summed E-state index contributed by atoms with van der Waals surface area (Å²) >= 11 is 0. The van der Waals surface area contributed by atoms with Crippen LogP contribution in [0.4, 0.5) is 0 Å². The molecule has 1 aliphatic rings. The molecule has 0 spiro atoms. The highest BCUT2D eigenvalue weighted by atomic mass is 16.7. The Morgan fingerprint density at radius 3 is 2.84 bits per heavy atom. The standard InChI is InChI=1S/C15H18O4/c1-2-13(19-14-9-6-10-17-14)15(16)18-11-12-7-4-3-5-8-12/h2-5,7-8,14H,6,9-11H2,1H3/b13-2+/t14-/m1/s1. The molecule has 102 valence electrons. The summed E-state index contributed by atoms with van der Waals surface area (Å²) in [5.41, 5.74) is 0.948. The first-order valence-electron chi connectivity index (χ1n) is 6.45. The molecule has 1 fully saturated rings. The fraction of sp³-hybridized carbons (Fsp3) is 0.400. The van der Waals surface area contributed by atoms with Gasteiger partial charge >= 0.3 is 5.97 Å². The smallest absolute Gasteiger partial charge is 0.373 e. The van der Waals surface area contributed by atoms with Gasteiger partial charge in [0, 0.05) is 6.42 Å². The molecule has 0 unspecified atom stereocenters. The second kappa shape index (κ2) is 6.95. The van der Waals surface area contributed by atoms with Crippen LogP contribution >= 0.6 is 0 Å². The molecule has 1 aliphatic heterocycles. The molecule has 2 rings (SSSR count). The van der Waals surface area contributed by atoms with Crippen molar-refractivity contribution in [2.45, 2.75) is 32.7 Å². The highest BCUT2D eigenvalue weighted by molar-refractivity contribution is 5.86. The molecule has 0 bridgehead atoms. The minimum absolute atomic E-state index is 0.211. The van der Waals surface area contributed by atoms with Crippen molar-refractivity contribution in [3.05, 3.63) is 47.7 Å². The summed E-state index contributed by atoms with van der Waals surface area (Å²) in [5, 5.41) is 0. The summed E-state index contributed by atoms with van der Waals surface area (Å²) < 4.78 is 16.0. The molecule has 1 saturated heterocycles. The van der Waals surface area contributed by atoms with Crippen molar-refractivity contribution in [2.75, 3.05) is 6.61 Å². The van der Waals surface area contributed by atoms with E-state index in [-0.39, 0.29) is 18.7 Å². The van der Waals surface area contributed by atoms with Crippen molar-refractivity contribution in [3.8, 4) is 0 Å². The zero-order valence-corrected chi connectivity index (χ0v) is 11.0. The Balaban J connectivity index is 1.83. The Hall–Kier alpha value is -1.81. The number of ether oxygens (including phenoxy) is 3. The predicted octanol–water partition coefficient (Wildman–Crippen LogP) is 2.79. The highest BCUT2D eigenvalue weighted by Crippen LogP contribution is 2.17. The van der Waals surface area contributed by atoms with Gasteiger partial charge in [-0.2, -0.15) is 0 Å². The average molecular weight is 262 g/mol. The quantitative estimate of drug-likeness (QED) is 0.465. The number of benzene rings is 1. The predicted molar refractivity (Wildman–Crippen MR) is 70.1 cm³/mol. The molecule has 1 aromatic rings. The Morgan fingerprint density at radius 1 is 1.42 bits per heavy atom. The van der Waals surface area contributed by atoms with Crippen LogP contribution in [0.1, 0.15) is 25.3 Å². The molecule has 4 heteroatoms. The molecule has 19 heavy (non-hydrogen) atoms. The van der Waals surface area contributed by atoms with Crippen LogP contribution in [0.25, 0.3) is 0 Å². The highest BCUT2D eigenvalue weighted by Gasteiger charge is 2.21. The average Bonchev–Trinajstić information content (AvgIpc) is 2.96. The van der Waals surface area contributed by atoms with Crippen LogP contribution in [0, 0.1) is 0 Å². The van der Waals surface area contributed by atoms with Crippen molar-refractivity contribution in [3.63, 3.8) is 0 Å². The minimum atomic E-state index is -0.457. The maximum absolute atomic E-state index is 11.9. The van der Waals surface area contributed by atoms with Gasteiger partial charge in [-0.05, 0) is 25.0 Å². The van der Waals surface area contributed by atoms with Gasteiger partial charge in [0.25, 0.3) is 0 Å². The van der Waals surface area contributed by atoms with E-state index in [2.05, 4.69) is 0 Å². The van der Waals surface area contributed by atoms with Crippen LogP contribution in [-0.4, -0.2) is 18.9 Å². The Morgan fingerprint density at radius 2 is 2.21 bits per heavy atom. The van der Waals surface area contributed by atoms with E-state index in [1.165, 1.54) is 0 Å². The summed E-state index contributed by atoms with van der Waals surface area (Å²) in [5.74, 6) is -0.246. The number of carbonyl (C=O) groups excluding carboxylic acids is 1. The number of carbonyl (C=O) groups is 1. The van der Waals surface area contributed by atoms with E-state index in [4.69, 9.17) is 14.2 Å². The van der Waals surface area contributed by atoms with E-state index >= 15 is 0 Å². The minimum Gasteiger partial charge on any atom is -0.458 e. The third-order valence-electron chi connectivity index (χ3n) is 2.82. The second-order valence-corrected chi connectivity index (χ2v) is 4.28. The van der Waals surface area contributed by atoms with Gasteiger partial charge in [-0.25, -0.2) is 4.79 Å². The third kappa shape index (κ3) is 4.10. The normalized spacial score (nSPS) is 19.2. The molecule has 0 aliphatic carbocycles. The second-order valence-electron chi connectivity index (χ2n) is 4.28. The number of hydrogen-bond acceptors (Lipinski definition) is 4. The van der Waals surface area contributed by atoms with Crippen LogP contribution in [0.5, 0.6) is 0 Å². The fourth-order valence-electron chi connectivity index (χ4n) is 1.81. The van der Waals surface area contributed by atoms with Gasteiger partial charge in [0.15, 0.2) is 6.29 Å². The first-order chi connectivity index (χ1) is 9.29. The summed E-state index contributed by atoms with van der Waals surface area (Å²) in [6.45, 7) is 2.67. The molecule has 1 heterocycles. The first-order valence-corrected chi connectivity index (χ1v) is 6.45. The van der Waals surface area contributed by atoms with E-state index in [0.717, 1.165) is 18.4 Å². The van der Waals surface area contributed by atoms with Crippen molar-refractivity contribution >= 4 is 5.97 Å². The van der Waals surface area contributed by atoms with Crippen molar-refractivity contribution < 1.29 is 19.0 Å². The van der Waals surface area contributed by atoms with Gasteiger partial charge in [0.2, 0.25) is 5.76 Å². The van der Waals surface area contributed by atoms with Crippen molar-refractivity contribution in [2.24, 2.45) is 0 Å². The van der Waals surface area contributed by atoms with Crippen LogP contribution in [0.2, 0.25) is 0 Å². The topological polar surface area (TPSA) is 44.8 Å². The molecular formula is C15H18O4. The molecule has 0 aromatic heterocycles. The van der Waals surface area contributed by atoms with E-state index in [0.29, 0.717) is 6.61 Å². The first kappa shape index (κ1) is 13.6. The van der Waals surface area contributed by atoms with Gasteiger partial charge in [0.1, 0.15) is 6.61 Å². The van der Waals surface area contributed by atoms with Crippen LogP contribution in [-0.2, 0) is 25.6 Å². The Labute approximate surface area is 113 Å². The summed E-state index contributed by atoms with van der Waals surface area (Å²) in [6, 6.07) is 9.54.